The van der Waals surface area contributed by atoms with Crippen LogP contribution in [0.25, 0.3) is 0 Å². The van der Waals surface area contributed by atoms with E-state index in [1.54, 1.807) is 0 Å². The molecule has 0 aromatic rings. The molecule has 0 fully saturated rings. The van der Waals surface area contributed by atoms with Crippen LogP contribution in [0.4, 0.5) is 0 Å². The molecule has 0 unspecified atom stereocenters. The van der Waals surface area contributed by atoms with Crippen molar-refractivity contribution in [1.82, 2.24) is 0 Å². The summed E-state index contributed by atoms with van der Waals surface area (Å²) in [5, 5.41) is 8.75. The number of carbonyl (C=O) groups is 1. The Morgan fingerprint density at radius 1 is 0.682 bits per heavy atom. The minimum Gasteiger partial charge on any atom is -0.481 e. The van der Waals surface area contributed by atoms with Gasteiger partial charge in [-0.15, -0.1) is 0 Å². The SMILES string of the molecule is CC(C)CCC[C@H](C)CCC[C@H](C)CCC[C@H](C)CC(=O)O. The summed E-state index contributed by atoms with van der Waals surface area (Å²) in [6.07, 6.45) is 12.0. The molecule has 132 valence electrons. The van der Waals surface area contributed by atoms with Crippen molar-refractivity contribution in [1.29, 1.82) is 0 Å². The molecule has 1 N–H and O–H groups in total. The quantitative estimate of drug-likeness (QED) is 0.395. The molecule has 0 saturated carbocycles. The molecular weight excluding hydrogens is 272 g/mol. The van der Waals surface area contributed by atoms with E-state index in [4.69, 9.17) is 5.11 Å². The van der Waals surface area contributed by atoms with Gasteiger partial charge in [-0.3, -0.25) is 4.79 Å². The fourth-order valence-corrected chi connectivity index (χ4v) is 3.19. The van der Waals surface area contributed by atoms with Crippen molar-refractivity contribution in [3.63, 3.8) is 0 Å². The highest BCUT2D eigenvalue weighted by Gasteiger charge is 2.09. The Labute approximate surface area is 139 Å². The third kappa shape index (κ3) is 14.4. The van der Waals surface area contributed by atoms with Crippen LogP contribution in [0.3, 0.4) is 0 Å². The van der Waals surface area contributed by atoms with Gasteiger partial charge in [-0.1, -0.05) is 92.4 Å². The van der Waals surface area contributed by atoms with E-state index in [1.807, 2.05) is 0 Å². The van der Waals surface area contributed by atoms with Crippen LogP contribution in [0.5, 0.6) is 0 Å². The normalized spacial score (nSPS) is 15.7. The van der Waals surface area contributed by atoms with Gasteiger partial charge in [-0.05, 0) is 23.7 Å². The van der Waals surface area contributed by atoms with Crippen molar-refractivity contribution in [2.75, 3.05) is 0 Å². The summed E-state index contributed by atoms with van der Waals surface area (Å²) in [7, 11) is 0. The summed E-state index contributed by atoms with van der Waals surface area (Å²) in [4.78, 5) is 10.6. The van der Waals surface area contributed by atoms with Crippen molar-refractivity contribution in [3.8, 4) is 0 Å². The van der Waals surface area contributed by atoms with E-state index in [0.717, 1.165) is 24.2 Å². The van der Waals surface area contributed by atoms with E-state index in [2.05, 4.69) is 34.6 Å². The Morgan fingerprint density at radius 3 is 1.41 bits per heavy atom. The lowest BCUT2D eigenvalue weighted by Gasteiger charge is -2.15. The summed E-state index contributed by atoms with van der Waals surface area (Å²) in [5.41, 5.74) is 0. The van der Waals surface area contributed by atoms with E-state index in [0.29, 0.717) is 12.3 Å². The first-order chi connectivity index (χ1) is 10.3. The number of carboxylic acids is 1. The smallest absolute Gasteiger partial charge is 0.303 e. The minimum atomic E-state index is -0.660. The predicted molar refractivity (Wildman–Crippen MR) is 96.1 cm³/mol. The highest BCUT2D eigenvalue weighted by molar-refractivity contribution is 5.66. The first kappa shape index (κ1) is 21.5. The molecule has 0 spiro atoms. The number of rotatable bonds is 14. The predicted octanol–water partition coefficient (Wildman–Crippen LogP) is 6.54. The second kappa shape index (κ2) is 13.0. The number of hydrogen-bond donors (Lipinski definition) is 1. The molecule has 0 aliphatic carbocycles. The van der Waals surface area contributed by atoms with Crippen molar-refractivity contribution in [2.45, 2.75) is 98.8 Å². The topological polar surface area (TPSA) is 37.3 Å². The molecule has 22 heavy (non-hydrogen) atoms. The van der Waals surface area contributed by atoms with Gasteiger partial charge < -0.3 is 5.11 Å². The molecule has 0 radical (unpaired) electrons. The maximum Gasteiger partial charge on any atom is 0.303 e. The summed E-state index contributed by atoms with van der Waals surface area (Å²) in [6.45, 7) is 11.4. The van der Waals surface area contributed by atoms with Gasteiger partial charge in [0.15, 0.2) is 0 Å². The largest absolute Gasteiger partial charge is 0.481 e. The molecule has 0 amide bonds. The van der Waals surface area contributed by atoms with Crippen molar-refractivity contribution in [3.05, 3.63) is 0 Å². The average molecular weight is 313 g/mol. The molecule has 0 bridgehead atoms. The van der Waals surface area contributed by atoms with Crippen LogP contribution in [-0.2, 0) is 4.79 Å². The van der Waals surface area contributed by atoms with Gasteiger partial charge in [0.1, 0.15) is 0 Å². The second-order valence-electron chi connectivity index (χ2n) is 8.10. The lowest BCUT2D eigenvalue weighted by Crippen LogP contribution is -2.05. The van der Waals surface area contributed by atoms with E-state index >= 15 is 0 Å². The minimum absolute atomic E-state index is 0.322. The van der Waals surface area contributed by atoms with Crippen LogP contribution in [0, 0.1) is 23.7 Å². The van der Waals surface area contributed by atoms with Gasteiger partial charge in [0.2, 0.25) is 0 Å². The Kier molecular flexibility index (Phi) is 12.6. The van der Waals surface area contributed by atoms with Crippen LogP contribution in [0.2, 0.25) is 0 Å². The highest BCUT2D eigenvalue weighted by atomic mass is 16.4. The van der Waals surface area contributed by atoms with Gasteiger partial charge in [-0.25, -0.2) is 0 Å². The molecular formula is C20H40O2. The third-order valence-corrected chi connectivity index (χ3v) is 4.79. The zero-order chi connectivity index (χ0) is 17.0. The Bertz CT molecular complexity index is 273. The third-order valence-electron chi connectivity index (χ3n) is 4.79. The second-order valence-corrected chi connectivity index (χ2v) is 8.10. The first-order valence-electron chi connectivity index (χ1n) is 9.53. The van der Waals surface area contributed by atoms with Gasteiger partial charge in [-0.2, -0.15) is 0 Å². The van der Waals surface area contributed by atoms with E-state index < -0.39 is 5.97 Å². The lowest BCUT2D eigenvalue weighted by atomic mass is 9.91. The zero-order valence-corrected chi connectivity index (χ0v) is 15.7. The molecule has 0 aromatic heterocycles. The van der Waals surface area contributed by atoms with Crippen LogP contribution < -0.4 is 0 Å². The fourth-order valence-electron chi connectivity index (χ4n) is 3.19. The van der Waals surface area contributed by atoms with Crippen LogP contribution in [-0.4, -0.2) is 11.1 Å². The Morgan fingerprint density at radius 2 is 1.05 bits per heavy atom. The zero-order valence-electron chi connectivity index (χ0n) is 15.7. The summed E-state index contributed by atoms with van der Waals surface area (Å²) >= 11 is 0. The molecule has 0 saturated heterocycles. The lowest BCUT2D eigenvalue weighted by molar-refractivity contribution is -0.138. The van der Waals surface area contributed by atoms with Crippen molar-refractivity contribution < 1.29 is 9.90 Å². The van der Waals surface area contributed by atoms with Crippen LogP contribution in [0.15, 0.2) is 0 Å². The molecule has 3 atom stereocenters. The molecule has 0 rings (SSSR count). The summed E-state index contributed by atoms with van der Waals surface area (Å²) in [6, 6.07) is 0. The van der Waals surface area contributed by atoms with Crippen molar-refractivity contribution in [2.24, 2.45) is 23.7 Å². The first-order valence-corrected chi connectivity index (χ1v) is 9.53. The maximum atomic E-state index is 10.6. The average Bonchev–Trinajstić information content (AvgIpc) is 2.37. The highest BCUT2D eigenvalue weighted by Crippen LogP contribution is 2.22. The molecule has 0 heterocycles. The van der Waals surface area contributed by atoms with Gasteiger partial charge in [0.05, 0.1) is 0 Å². The Hall–Kier alpha value is -0.530. The standard InChI is InChI=1S/C20H40O2/c1-16(2)9-6-10-17(3)11-7-12-18(4)13-8-14-19(5)15-20(21)22/h16-19H,6-15H2,1-5H3,(H,21,22)/t17-,18-,19-/m0/s1. The monoisotopic (exact) mass is 312 g/mol. The summed E-state index contributed by atoms with van der Waals surface area (Å²) in [5.74, 6) is 2.18. The number of aliphatic carboxylic acids is 1. The molecule has 0 aliphatic rings. The fraction of sp³-hybridized carbons (Fsp3) is 0.950. The van der Waals surface area contributed by atoms with Crippen molar-refractivity contribution >= 4 is 5.97 Å². The summed E-state index contributed by atoms with van der Waals surface area (Å²) < 4.78 is 0. The maximum absolute atomic E-state index is 10.6. The van der Waals surface area contributed by atoms with E-state index in [-0.39, 0.29) is 0 Å². The van der Waals surface area contributed by atoms with Gasteiger partial charge in [0, 0.05) is 6.42 Å². The molecule has 0 aliphatic heterocycles. The number of carboxylic acid groups (broad SMARTS) is 1. The van der Waals surface area contributed by atoms with Crippen LogP contribution in [0.1, 0.15) is 98.8 Å². The van der Waals surface area contributed by atoms with Gasteiger partial charge in [0.25, 0.3) is 0 Å². The molecule has 2 nitrogen and oxygen atoms in total. The van der Waals surface area contributed by atoms with E-state index in [9.17, 15) is 4.79 Å². The van der Waals surface area contributed by atoms with Gasteiger partial charge >= 0.3 is 5.97 Å². The Balaban J connectivity index is 3.52. The van der Waals surface area contributed by atoms with Crippen LogP contribution >= 0.6 is 0 Å². The molecule has 0 aromatic carbocycles. The number of hydrogen-bond acceptors (Lipinski definition) is 1. The molecule has 2 heteroatoms. The van der Waals surface area contributed by atoms with E-state index in [1.165, 1.54) is 51.4 Å².